The number of halogens is 2. The van der Waals surface area contributed by atoms with Crippen LogP contribution in [-0.2, 0) is 0 Å². The van der Waals surface area contributed by atoms with Gasteiger partial charge in [-0.3, -0.25) is 4.40 Å². The third-order valence-electron chi connectivity index (χ3n) is 4.21. The van der Waals surface area contributed by atoms with Gasteiger partial charge in [0, 0.05) is 38.1 Å². The smallest absolute Gasteiger partial charge is 0.194 e. The molecule has 5 aromatic rings. The Kier molecular flexibility index (Phi) is 4.25. The fraction of sp³-hybridized carbons (Fsp3) is 0. The lowest BCUT2D eigenvalue weighted by Gasteiger charge is -1.97. The molecule has 3 heterocycles. The molecular weight excluding hydrogens is 417 g/mol. The van der Waals surface area contributed by atoms with E-state index in [1.54, 1.807) is 22.7 Å². The van der Waals surface area contributed by atoms with Crippen molar-refractivity contribution in [2.45, 2.75) is 0 Å². The molecule has 0 unspecified atom stereocenters. The van der Waals surface area contributed by atoms with Gasteiger partial charge < -0.3 is 0 Å². The van der Waals surface area contributed by atoms with Crippen LogP contribution in [-0.4, -0.2) is 14.4 Å². The minimum absolute atomic E-state index is 0.720. The predicted octanol–water partition coefficient (Wildman–Crippen LogP) is 7.16. The molecular formula is C20H11Cl2N3S2. The first-order valence-corrected chi connectivity index (χ1v) is 10.6. The number of rotatable bonds is 3. The SMILES string of the molecule is Clc1ccc(-c2csc(-c3csc4nc(-c5ccc(Cl)cc5)cn34)n2)cc1. The molecule has 0 radical (unpaired) electrons. The summed E-state index contributed by atoms with van der Waals surface area (Å²) in [6.45, 7) is 0. The first-order valence-electron chi connectivity index (χ1n) is 8.12. The Hall–Kier alpha value is -2.18. The average Bonchev–Trinajstić information content (AvgIpc) is 3.38. The molecule has 0 amide bonds. The number of fused-ring (bicyclic) bond motifs is 1. The van der Waals surface area contributed by atoms with Gasteiger partial charge in [0.2, 0.25) is 0 Å². The van der Waals surface area contributed by atoms with E-state index in [1.807, 2.05) is 54.7 Å². The van der Waals surface area contributed by atoms with Crippen LogP contribution >= 0.6 is 45.9 Å². The van der Waals surface area contributed by atoms with Crippen molar-refractivity contribution in [1.82, 2.24) is 14.4 Å². The van der Waals surface area contributed by atoms with Gasteiger partial charge in [0.05, 0.1) is 17.1 Å². The van der Waals surface area contributed by atoms with Crippen molar-refractivity contribution in [3.05, 3.63) is 75.5 Å². The molecule has 0 N–H and O–H groups in total. The molecule has 0 aliphatic rings. The third kappa shape index (κ3) is 3.17. The van der Waals surface area contributed by atoms with E-state index < -0.39 is 0 Å². The number of thiazole rings is 2. The zero-order valence-electron chi connectivity index (χ0n) is 13.8. The zero-order chi connectivity index (χ0) is 18.4. The molecule has 0 saturated carbocycles. The maximum atomic E-state index is 5.99. The van der Waals surface area contributed by atoms with Crippen LogP contribution in [0.4, 0.5) is 0 Å². The van der Waals surface area contributed by atoms with Gasteiger partial charge >= 0.3 is 0 Å². The maximum absolute atomic E-state index is 5.99. The predicted molar refractivity (Wildman–Crippen MR) is 115 cm³/mol. The average molecular weight is 428 g/mol. The summed E-state index contributed by atoms with van der Waals surface area (Å²) in [5, 5.41) is 6.57. The number of nitrogens with zero attached hydrogens (tertiary/aromatic N) is 3. The fourth-order valence-electron chi connectivity index (χ4n) is 2.84. The van der Waals surface area contributed by atoms with Crippen molar-refractivity contribution in [3.63, 3.8) is 0 Å². The van der Waals surface area contributed by atoms with Gasteiger partial charge in [-0.25, -0.2) is 9.97 Å². The highest BCUT2D eigenvalue weighted by atomic mass is 35.5. The summed E-state index contributed by atoms with van der Waals surface area (Å²) in [7, 11) is 0. The number of benzene rings is 2. The molecule has 3 nitrogen and oxygen atoms in total. The topological polar surface area (TPSA) is 30.2 Å². The van der Waals surface area contributed by atoms with Gasteiger partial charge in [0.15, 0.2) is 4.96 Å². The van der Waals surface area contributed by atoms with E-state index in [4.69, 9.17) is 33.2 Å². The first-order chi connectivity index (χ1) is 13.2. The summed E-state index contributed by atoms with van der Waals surface area (Å²) >= 11 is 15.2. The summed E-state index contributed by atoms with van der Waals surface area (Å²) in [5.74, 6) is 0. The molecule has 0 aliphatic heterocycles. The highest BCUT2D eigenvalue weighted by molar-refractivity contribution is 7.16. The summed E-state index contributed by atoms with van der Waals surface area (Å²) in [6.07, 6.45) is 2.05. The highest BCUT2D eigenvalue weighted by Gasteiger charge is 2.14. The molecule has 0 fully saturated rings. The second kappa shape index (κ2) is 6.77. The summed E-state index contributed by atoms with van der Waals surface area (Å²) in [4.78, 5) is 10.5. The van der Waals surface area contributed by atoms with Crippen molar-refractivity contribution in [2.24, 2.45) is 0 Å². The highest BCUT2D eigenvalue weighted by Crippen LogP contribution is 2.33. The Morgan fingerprint density at radius 1 is 0.704 bits per heavy atom. The molecule has 3 aromatic heterocycles. The van der Waals surface area contributed by atoms with E-state index in [1.165, 1.54) is 0 Å². The maximum Gasteiger partial charge on any atom is 0.194 e. The van der Waals surface area contributed by atoms with Crippen LogP contribution in [0, 0.1) is 0 Å². The molecule has 0 bridgehead atoms. The molecule has 5 rings (SSSR count). The Balaban J connectivity index is 1.54. The minimum atomic E-state index is 0.720. The normalized spacial score (nSPS) is 11.3. The summed E-state index contributed by atoms with van der Waals surface area (Å²) in [6, 6.07) is 15.5. The minimum Gasteiger partial charge on any atom is -0.287 e. The Labute approximate surface area is 173 Å². The van der Waals surface area contributed by atoms with Gasteiger partial charge in [-0.05, 0) is 24.3 Å². The van der Waals surface area contributed by atoms with E-state index >= 15 is 0 Å². The third-order valence-corrected chi connectivity index (χ3v) is 6.42. The van der Waals surface area contributed by atoms with Crippen molar-refractivity contribution >= 4 is 50.8 Å². The van der Waals surface area contributed by atoms with E-state index in [0.29, 0.717) is 0 Å². The van der Waals surface area contributed by atoms with Gasteiger partial charge in [0.25, 0.3) is 0 Å². The second-order valence-electron chi connectivity index (χ2n) is 5.95. The molecule has 2 aromatic carbocycles. The molecule has 0 aliphatic carbocycles. The number of imidazole rings is 1. The monoisotopic (exact) mass is 427 g/mol. The summed E-state index contributed by atoms with van der Waals surface area (Å²) < 4.78 is 2.10. The molecule has 0 atom stereocenters. The van der Waals surface area contributed by atoms with Crippen LogP contribution in [0.25, 0.3) is 38.2 Å². The zero-order valence-corrected chi connectivity index (χ0v) is 16.9. The standard InChI is InChI=1S/C20H11Cl2N3S2/c21-14-5-1-12(2-6-14)16-9-25-18(11-27-20(25)24-16)19-23-17(10-26-19)13-3-7-15(22)8-4-13/h1-11H. The fourth-order valence-corrected chi connectivity index (χ4v) is 4.87. The van der Waals surface area contributed by atoms with Gasteiger partial charge in [-0.15, -0.1) is 22.7 Å². The molecule has 27 heavy (non-hydrogen) atoms. The molecule has 0 spiro atoms. The van der Waals surface area contributed by atoms with E-state index in [-0.39, 0.29) is 0 Å². The van der Waals surface area contributed by atoms with Crippen LogP contribution in [0.2, 0.25) is 10.0 Å². The van der Waals surface area contributed by atoms with Gasteiger partial charge in [-0.2, -0.15) is 0 Å². The van der Waals surface area contributed by atoms with Crippen LogP contribution in [0.5, 0.6) is 0 Å². The quantitative estimate of drug-likeness (QED) is 0.305. The van der Waals surface area contributed by atoms with E-state index in [9.17, 15) is 0 Å². The largest absolute Gasteiger partial charge is 0.287 e. The van der Waals surface area contributed by atoms with Crippen LogP contribution < -0.4 is 0 Å². The van der Waals surface area contributed by atoms with Crippen molar-refractivity contribution in [1.29, 1.82) is 0 Å². The first kappa shape index (κ1) is 17.0. The lowest BCUT2D eigenvalue weighted by Crippen LogP contribution is -1.84. The summed E-state index contributed by atoms with van der Waals surface area (Å²) in [5.41, 5.74) is 5.02. The van der Waals surface area contributed by atoms with Gasteiger partial charge in [-0.1, -0.05) is 47.5 Å². The Morgan fingerprint density at radius 2 is 1.33 bits per heavy atom. The number of hydrogen-bond donors (Lipinski definition) is 0. The number of hydrogen-bond acceptors (Lipinski definition) is 4. The number of aromatic nitrogens is 3. The van der Waals surface area contributed by atoms with Crippen molar-refractivity contribution < 1.29 is 0 Å². The molecule has 0 saturated heterocycles. The van der Waals surface area contributed by atoms with Crippen LogP contribution in [0.3, 0.4) is 0 Å². The van der Waals surface area contributed by atoms with Gasteiger partial charge in [0.1, 0.15) is 5.01 Å². The van der Waals surface area contributed by atoms with Crippen molar-refractivity contribution in [3.8, 4) is 33.2 Å². The Bertz CT molecular complexity index is 1230. The molecule has 132 valence electrons. The van der Waals surface area contributed by atoms with Crippen LogP contribution in [0.15, 0.2) is 65.5 Å². The second-order valence-corrected chi connectivity index (χ2v) is 8.52. The lowest BCUT2D eigenvalue weighted by atomic mass is 10.2. The van der Waals surface area contributed by atoms with Crippen molar-refractivity contribution in [2.75, 3.05) is 0 Å². The molecule has 7 heteroatoms. The lowest BCUT2D eigenvalue weighted by molar-refractivity contribution is 1.22. The van der Waals surface area contributed by atoms with Crippen LogP contribution in [0.1, 0.15) is 0 Å². The van der Waals surface area contributed by atoms with E-state index in [0.717, 1.165) is 48.2 Å². The Morgan fingerprint density at radius 3 is 2.00 bits per heavy atom. The van der Waals surface area contributed by atoms with E-state index in [2.05, 4.69) is 15.2 Å².